The normalized spacial score (nSPS) is 12.4. The van der Waals surface area contributed by atoms with Crippen molar-refractivity contribution in [2.45, 2.75) is 58.2 Å². The van der Waals surface area contributed by atoms with Crippen molar-refractivity contribution in [1.29, 1.82) is 0 Å². The number of carbonyl (C=O) groups is 5. The predicted octanol–water partition coefficient (Wildman–Crippen LogP) is 19.1. The number of ether oxygens (including phenoxy) is 4. The van der Waals surface area contributed by atoms with Gasteiger partial charge in [0.2, 0.25) is 10.0 Å². The van der Waals surface area contributed by atoms with Gasteiger partial charge in [0.05, 0.1) is 69.2 Å². The first-order chi connectivity index (χ1) is 61.8. The molecule has 1 aliphatic rings. The van der Waals surface area contributed by atoms with Crippen LogP contribution in [-0.4, -0.2) is 157 Å². The van der Waals surface area contributed by atoms with Gasteiger partial charge in [0, 0.05) is 197 Å². The van der Waals surface area contributed by atoms with Crippen molar-refractivity contribution >= 4 is 163 Å². The molecule has 9 N–H and O–H groups in total. The van der Waals surface area contributed by atoms with Crippen LogP contribution in [0.2, 0.25) is 25.1 Å². The molecule has 0 aliphatic carbocycles. The molecule has 8 aromatic carbocycles. The van der Waals surface area contributed by atoms with E-state index in [0.29, 0.717) is 116 Å². The van der Waals surface area contributed by atoms with Crippen LogP contribution >= 0.6 is 69.3 Å². The Morgan fingerprint density at radius 1 is 0.508 bits per heavy atom. The Hall–Kier alpha value is -13.2. The molecule has 0 radical (unpaired) electrons. The molecule has 9 aromatic heterocycles. The van der Waals surface area contributed by atoms with E-state index in [2.05, 4.69) is 66.5 Å². The lowest BCUT2D eigenvalue weighted by atomic mass is 9.91. The molecule has 0 saturated carbocycles. The van der Waals surface area contributed by atoms with Gasteiger partial charge in [-0.25, -0.2) is 27.1 Å². The van der Waals surface area contributed by atoms with Crippen LogP contribution in [0.3, 0.4) is 0 Å². The summed E-state index contributed by atoms with van der Waals surface area (Å²) in [6.07, 6.45) is 13.2. The Balaban J connectivity index is 0.000000130. The van der Waals surface area contributed by atoms with Gasteiger partial charge in [0.1, 0.15) is 45.7 Å². The number of hydrogen-bond acceptors (Lipinski definition) is 17. The Morgan fingerprint density at radius 2 is 0.961 bits per heavy atom. The van der Waals surface area contributed by atoms with E-state index in [1.165, 1.54) is 10.6 Å². The first-order valence-corrected chi connectivity index (χ1v) is 44.9. The molecule has 0 bridgehead atoms. The number of benzene rings is 8. The molecule has 10 heterocycles. The number of thiazole rings is 1. The monoisotopic (exact) mass is 1860 g/mol. The lowest BCUT2D eigenvalue weighted by molar-refractivity contribution is 0.0907. The van der Waals surface area contributed by atoms with Crippen LogP contribution in [0.5, 0.6) is 23.0 Å². The van der Waals surface area contributed by atoms with E-state index in [0.717, 1.165) is 124 Å². The molecule has 18 rings (SSSR count). The van der Waals surface area contributed by atoms with Gasteiger partial charge in [-0.2, -0.15) is 10.2 Å². The SMILES string of the molecule is CC(NC(=O)c1cc2cc(Cl)ccc2[nH]1)C1CCN(S(C)(=O)=O)CC1.COc1ccc(-n2cc(CNC(=O)c3cc4cc(Cl)ccc4[nH]3)cn2)cc1OC.COc1cccc(-c2cc(CCC(=O)c3cc4cc(Cl)ccc4[nH]3)on2)c1.COc1cccc(-n2cc(CNC(=O)c3cc4cc(Cl)ccc4[nH]3)cn2)c1.O=C(NCCc1nccs1)c1cc2cc(Cl)ccc2[nH]1. The number of nitrogens with one attached hydrogen (secondary N) is 9. The molecule has 1 unspecified atom stereocenters. The second-order valence-electron chi connectivity index (χ2n) is 29.8. The summed E-state index contributed by atoms with van der Waals surface area (Å²) in [5.74, 6) is 3.07. The molecule has 35 heteroatoms. The molecule has 1 aliphatic heterocycles. The number of halogens is 5. The molecule has 4 amide bonds. The largest absolute Gasteiger partial charge is 0.497 e. The van der Waals surface area contributed by atoms with Gasteiger partial charge in [0.25, 0.3) is 23.6 Å². The second-order valence-corrected chi connectivity index (χ2v) is 34.9. The number of hydrogen-bond donors (Lipinski definition) is 9. The van der Waals surface area contributed by atoms with E-state index in [1.807, 2.05) is 164 Å². The van der Waals surface area contributed by atoms with E-state index in [4.69, 9.17) is 81.5 Å². The summed E-state index contributed by atoms with van der Waals surface area (Å²) >= 11 is 31.5. The highest BCUT2D eigenvalue weighted by molar-refractivity contribution is 7.88. The maximum absolute atomic E-state index is 12.5. The highest BCUT2D eigenvalue weighted by Gasteiger charge is 2.30. The fraction of sp³-hybridized carbons (Fsp3) is 0.194. The molecule has 1 saturated heterocycles. The van der Waals surface area contributed by atoms with E-state index >= 15 is 0 Å². The van der Waals surface area contributed by atoms with E-state index in [-0.39, 0.29) is 41.4 Å². The first kappa shape index (κ1) is 91.1. The van der Waals surface area contributed by atoms with Gasteiger partial charge in [-0.05, 0) is 183 Å². The van der Waals surface area contributed by atoms with Crippen LogP contribution in [0, 0.1) is 5.92 Å². The van der Waals surface area contributed by atoms with Crippen molar-refractivity contribution in [1.82, 2.24) is 80.2 Å². The number of sulfonamides is 1. The topological polar surface area (TPSA) is 361 Å². The van der Waals surface area contributed by atoms with Crippen molar-refractivity contribution in [2.75, 3.05) is 54.3 Å². The van der Waals surface area contributed by atoms with Crippen LogP contribution in [0.1, 0.15) is 101 Å². The van der Waals surface area contributed by atoms with Gasteiger partial charge < -0.3 is 69.7 Å². The molecule has 28 nitrogen and oxygen atoms in total. The number of Topliss-reactive ketones (excluding diaryl/α,β-unsaturated/α-hetero) is 1. The average molecular weight is 1860 g/mol. The van der Waals surface area contributed by atoms with Crippen molar-refractivity contribution in [3.8, 4) is 45.6 Å². The summed E-state index contributed by atoms with van der Waals surface area (Å²) in [6, 6.07) is 58.9. The molecular formula is C93H87Cl5N16O12S2. The minimum Gasteiger partial charge on any atom is -0.497 e. The van der Waals surface area contributed by atoms with Crippen molar-refractivity contribution in [3.63, 3.8) is 0 Å². The summed E-state index contributed by atoms with van der Waals surface area (Å²) in [7, 11) is 3.30. The first-order valence-electron chi connectivity index (χ1n) is 40.3. The number of ketones is 1. The number of rotatable bonds is 25. The minimum atomic E-state index is -3.13. The molecule has 0 spiro atoms. The van der Waals surface area contributed by atoms with E-state index < -0.39 is 10.0 Å². The molecule has 17 aromatic rings. The van der Waals surface area contributed by atoms with Gasteiger partial charge in [-0.1, -0.05) is 81.4 Å². The van der Waals surface area contributed by atoms with Crippen molar-refractivity contribution in [3.05, 3.63) is 306 Å². The number of H-pyrrole nitrogens is 5. The van der Waals surface area contributed by atoms with Crippen LogP contribution in [-0.2, 0) is 36.0 Å². The van der Waals surface area contributed by atoms with Crippen molar-refractivity contribution in [2.24, 2.45) is 5.92 Å². The summed E-state index contributed by atoms with van der Waals surface area (Å²) in [5.41, 5.74) is 12.1. The fourth-order valence-corrected chi connectivity index (χ4v) is 16.6. The number of aryl methyl sites for hydroxylation is 1. The quantitative estimate of drug-likeness (QED) is 0.0240. The minimum absolute atomic E-state index is 0.0154. The highest BCUT2D eigenvalue weighted by atomic mass is 35.5. The third-order valence-electron chi connectivity index (χ3n) is 21.0. The number of nitrogens with zero attached hydrogens (tertiary/aromatic N) is 7. The van der Waals surface area contributed by atoms with Crippen LogP contribution < -0.4 is 40.2 Å². The maximum Gasteiger partial charge on any atom is 0.267 e. The van der Waals surface area contributed by atoms with Crippen LogP contribution in [0.25, 0.3) is 77.1 Å². The molecule has 1 fully saturated rings. The summed E-state index contributed by atoms with van der Waals surface area (Å²) in [5, 5.41) is 35.2. The van der Waals surface area contributed by atoms with Crippen molar-refractivity contribution < 1.29 is 55.9 Å². The van der Waals surface area contributed by atoms with Gasteiger partial charge in [-0.15, -0.1) is 11.3 Å². The molecule has 128 heavy (non-hydrogen) atoms. The van der Waals surface area contributed by atoms with E-state index in [9.17, 15) is 32.4 Å². The average Bonchev–Trinajstić information content (AvgIpc) is 1.70. The van der Waals surface area contributed by atoms with Crippen LogP contribution in [0.15, 0.2) is 235 Å². The lowest BCUT2D eigenvalue weighted by Crippen LogP contribution is -2.45. The third-order valence-corrected chi connectivity index (χ3v) is 24.3. The summed E-state index contributed by atoms with van der Waals surface area (Å²) in [4.78, 5) is 81.6. The number of carbonyl (C=O) groups excluding carboxylic acids is 5. The highest BCUT2D eigenvalue weighted by Crippen LogP contribution is 2.32. The Labute approximate surface area is 763 Å². The number of amides is 4. The number of fused-ring (bicyclic) bond motifs is 5. The summed E-state index contributed by atoms with van der Waals surface area (Å²) < 4.78 is 54.5. The zero-order valence-corrected chi connectivity index (χ0v) is 75.3. The fourth-order valence-electron chi connectivity index (χ4n) is 14.2. The maximum atomic E-state index is 12.5. The summed E-state index contributed by atoms with van der Waals surface area (Å²) in [6.45, 7) is 4.28. The second kappa shape index (κ2) is 42.0. The number of methoxy groups -OCH3 is 4. The van der Waals surface area contributed by atoms with E-state index in [1.54, 1.807) is 122 Å². The van der Waals surface area contributed by atoms with Gasteiger partial charge >= 0.3 is 0 Å². The zero-order valence-electron chi connectivity index (χ0n) is 69.9. The van der Waals surface area contributed by atoms with Gasteiger partial charge in [-0.3, -0.25) is 24.0 Å². The molecule has 658 valence electrons. The third kappa shape index (κ3) is 23.7. The Bertz CT molecular complexity index is 6750. The number of aromatic nitrogens is 11. The molecule has 1 atom stereocenters. The Kier molecular flexibility index (Phi) is 29.9. The van der Waals surface area contributed by atoms with Gasteiger partial charge in [0.15, 0.2) is 17.3 Å². The number of piperidine rings is 1. The zero-order chi connectivity index (χ0) is 90.1. The van der Waals surface area contributed by atoms with Crippen LogP contribution in [0.4, 0.5) is 0 Å². The lowest BCUT2D eigenvalue weighted by Gasteiger charge is -2.33. The molecular weight excluding hydrogens is 1770 g/mol. The Morgan fingerprint density at radius 3 is 1.43 bits per heavy atom. The number of aromatic amines is 5. The smallest absolute Gasteiger partial charge is 0.267 e. The predicted molar refractivity (Wildman–Crippen MR) is 501 cm³/mol. The standard InChI is InChI=1S/C21H19ClN4O3.C21H17ClN2O3.C20H17ClN4O2.C17H22ClN3O3S.C14H12ClN3OS/c1-28-19-6-4-16(9-20(19)29-2)26-12-13(11-24-26)10-23-21(27)18-8-14-7-15(22)3-5-17(14)25-18;1-26-16-4-2-3-13(10-16)19-12-17(27-24-19)6-8-21(25)20-11-14-9-15(22)5-7-18(14)23-20;1-27-17-4-2-3-16(9-17)25-12-13(11-23-25)10-22-20(26)19-8-14-7-15(21)5-6-18(14)24-19;1-11(12-5-7-21(8-6-12)25(2,23)24)19-17(22)16-10-13-9-14(18)3-4-15(13)20-16;15-10-1-2-11-9(7-10)8-12(18-11)14(19)17-4-3-13-16-5-6-20-13/h3-9,11-12,25H,10H2,1-2H3,(H,23,27);2-5,7,9-12,23H,6,8H2,1H3;2-9,11-12,24H,10H2,1H3,(H,22,26);3-4,9-12,20H,5-8H2,1-2H3,(H,19,22);1-2,5-8,18H,3-4H2,(H,17,19).